The van der Waals surface area contributed by atoms with Crippen LogP contribution in [0.3, 0.4) is 0 Å². The van der Waals surface area contributed by atoms with Crippen LogP contribution in [0.1, 0.15) is 127 Å². The van der Waals surface area contributed by atoms with Crippen molar-refractivity contribution in [2.45, 2.75) is 126 Å². The molecule has 0 saturated heterocycles. The fraction of sp³-hybridized carbons (Fsp3) is 0.385. The van der Waals surface area contributed by atoms with Crippen molar-refractivity contribution < 1.29 is 13.9 Å². The van der Waals surface area contributed by atoms with E-state index in [0.29, 0.717) is 0 Å². The number of furan rings is 1. The Morgan fingerprint density at radius 2 is 1.05 bits per heavy atom. The number of hydrogen-bond donors (Lipinski definition) is 0. The first-order chi connectivity index (χ1) is 27.1. The minimum absolute atomic E-state index is 0.0153. The molecule has 0 saturated carbocycles. The quantitative estimate of drug-likeness (QED) is 0.167. The Morgan fingerprint density at radius 1 is 0.552 bits per heavy atom. The summed E-state index contributed by atoms with van der Waals surface area (Å²) in [7, 11) is 0. The zero-order valence-electron chi connectivity index (χ0n) is 37.3. The number of fused-ring (bicyclic) bond motifs is 7. The second-order valence-corrected chi connectivity index (χ2v) is 20.7. The summed E-state index contributed by atoms with van der Waals surface area (Å²) in [6.07, 6.45) is 0. The van der Waals surface area contributed by atoms with E-state index in [2.05, 4.69) is 180 Å². The Hall–Kier alpha value is -5.10. The van der Waals surface area contributed by atoms with Crippen molar-refractivity contribution in [1.29, 1.82) is 0 Å². The summed E-state index contributed by atoms with van der Waals surface area (Å²) in [5.74, 6) is 1.84. The number of hydrogen-bond acceptors (Lipinski definition) is 5. The average molecular weight is 771 g/mol. The summed E-state index contributed by atoms with van der Waals surface area (Å²) >= 11 is 0. The summed E-state index contributed by atoms with van der Waals surface area (Å²) in [6, 6.07) is 25.8. The molecule has 4 heterocycles. The van der Waals surface area contributed by atoms with Crippen LogP contribution in [-0.4, -0.2) is 13.5 Å². The molecule has 1 aromatic heterocycles. The van der Waals surface area contributed by atoms with Crippen LogP contribution >= 0.6 is 0 Å². The number of benzene rings is 5. The van der Waals surface area contributed by atoms with Crippen molar-refractivity contribution in [3.05, 3.63) is 111 Å². The third-order valence-corrected chi connectivity index (χ3v) is 12.9. The van der Waals surface area contributed by atoms with Crippen molar-refractivity contribution >= 4 is 68.4 Å². The highest BCUT2D eigenvalue weighted by molar-refractivity contribution is 7.00. The zero-order valence-corrected chi connectivity index (χ0v) is 37.3. The maximum absolute atomic E-state index is 7.28. The number of anilines is 6. The van der Waals surface area contributed by atoms with E-state index in [1.807, 2.05) is 0 Å². The first kappa shape index (κ1) is 38.4. The van der Waals surface area contributed by atoms with Gasteiger partial charge in [0.25, 0.3) is 6.71 Å². The second kappa shape index (κ2) is 12.7. The molecule has 3 aliphatic rings. The van der Waals surface area contributed by atoms with Crippen molar-refractivity contribution in [2.75, 3.05) is 16.6 Å². The van der Waals surface area contributed by atoms with Gasteiger partial charge in [-0.25, -0.2) is 0 Å². The van der Waals surface area contributed by atoms with E-state index in [1.165, 1.54) is 72.7 Å². The molecule has 0 fully saturated rings. The van der Waals surface area contributed by atoms with Crippen LogP contribution in [0.5, 0.6) is 11.5 Å². The van der Waals surface area contributed by atoms with Crippen LogP contribution in [0, 0.1) is 27.7 Å². The van der Waals surface area contributed by atoms with Crippen LogP contribution in [-0.2, 0) is 16.2 Å². The smallest absolute Gasteiger partial charge is 0.297 e. The summed E-state index contributed by atoms with van der Waals surface area (Å²) in [4.78, 5) is 5.10. The van der Waals surface area contributed by atoms with Crippen LogP contribution in [0.4, 0.5) is 34.1 Å². The van der Waals surface area contributed by atoms with Gasteiger partial charge in [-0.1, -0.05) is 106 Å². The van der Waals surface area contributed by atoms with Gasteiger partial charge < -0.3 is 23.7 Å². The molecule has 0 radical (unpaired) electrons. The Labute approximate surface area is 346 Å². The number of ether oxygens (including phenoxy) is 2. The highest BCUT2D eigenvalue weighted by Gasteiger charge is 2.48. The predicted octanol–water partition coefficient (Wildman–Crippen LogP) is 12.5. The van der Waals surface area contributed by atoms with Crippen LogP contribution in [0.15, 0.2) is 71.1 Å². The molecule has 0 N–H and O–H groups in total. The Morgan fingerprint density at radius 3 is 1.57 bits per heavy atom. The molecule has 0 bridgehead atoms. The largest absolute Gasteiger partial charge is 0.468 e. The third-order valence-electron chi connectivity index (χ3n) is 12.9. The molecule has 0 atom stereocenters. The van der Waals surface area contributed by atoms with Gasteiger partial charge in [0.1, 0.15) is 5.58 Å². The number of rotatable bonds is 3. The average Bonchev–Trinajstić information content (AvgIpc) is 3.74. The molecule has 58 heavy (non-hydrogen) atoms. The highest BCUT2D eigenvalue weighted by Crippen LogP contribution is 2.52. The van der Waals surface area contributed by atoms with Gasteiger partial charge >= 0.3 is 0 Å². The van der Waals surface area contributed by atoms with E-state index in [1.54, 1.807) is 0 Å². The van der Waals surface area contributed by atoms with Gasteiger partial charge in [-0.3, -0.25) is 0 Å². The van der Waals surface area contributed by atoms with Gasteiger partial charge in [-0.05, 0) is 136 Å². The molecule has 6 heteroatoms. The van der Waals surface area contributed by atoms with Crippen LogP contribution in [0.2, 0.25) is 0 Å². The molecule has 5 aromatic carbocycles. The lowest BCUT2D eigenvalue weighted by atomic mass is 9.35. The molecular formula is C52H59BN2O3. The lowest BCUT2D eigenvalue weighted by Crippen LogP contribution is -2.61. The van der Waals surface area contributed by atoms with Crippen molar-refractivity contribution in [2.24, 2.45) is 0 Å². The fourth-order valence-electron chi connectivity index (χ4n) is 9.65. The fourth-order valence-corrected chi connectivity index (χ4v) is 9.65. The Kier molecular flexibility index (Phi) is 8.41. The Bertz CT molecular complexity index is 2650. The number of aryl methyl sites for hydroxylation is 4. The van der Waals surface area contributed by atoms with Crippen molar-refractivity contribution in [3.8, 4) is 11.5 Å². The topological polar surface area (TPSA) is 38.1 Å². The predicted molar refractivity (Wildman–Crippen MR) is 245 cm³/mol. The molecule has 3 aliphatic heterocycles. The first-order valence-electron chi connectivity index (χ1n) is 21.2. The van der Waals surface area contributed by atoms with Crippen molar-refractivity contribution in [3.63, 3.8) is 0 Å². The summed E-state index contributed by atoms with van der Waals surface area (Å²) < 4.78 is 19.6. The maximum Gasteiger partial charge on any atom is 0.297 e. The molecule has 0 spiro atoms. The second-order valence-electron chi connectivity index (χ2n) is 20.7. The van der Waals surface area contributed by atoms with Gasteiger partial charge in [0.15, 0.2) is 11.5 Å². The number of nitrogens with zero attached hydrogens (tertiary/aromatic N) is 2. The van der Waals surface area contributed by atoms with E-state index in [-0.39, 0.29) is 35.7 Å². The van der Waals surface area contributed by atoms with Crippen LogP contribution in [0.25, 0.3) is 11.0 Å². The molecule has 6 aromatic rings. The minimum Gasteiger partial charge on any atom is -0.468 e. The van der Waals surface area contributed by atoms with E-state index in [4.69, 9.17) is 13.9 Å². The van der Waals surface area contributed by atoms with Gasteiger partial charge in [-0.2, -0.15) is 0 Å². The SMILES string of the molecule is Cc1cc(C(C)(C)C)cc(C)c1N1c2cc3c(cc2B2c4oc5ccc(C(C)(C)C)cc5c4N(c4c(C)cc(C(C)(C)C)cc4C)c4cc(C(C)C)cc1c42)OCO3. The highest BCUT2D eigenvalue weighted by atomic mass is 16.7. The van der Waals surface area contributed by atoms with Gasteiger partial charge in [-0.15, -0.1) is 0 Å². The minimum atomic E-state index is -0.187. The van der Waals surface area contributed by atoms with Gasteiger partial charge in [0.2, 0.25) is 6.79 Å². The lowest BCUT2D eigenvalue weighted by Gasteiger charge is -2.44. The van der Waals surface area contributed by atoms with Crippen LogP contribution < -0.4 is 35.9 Å². The normalized spacial score (nSPS) is 14.7. The summed E-state index contributed by atoms with van der Waals surface area (Å²) in [5, 5.41) is 1.14. The zero-order chi connectivity index (χ0) is 41.5. The van der Waals surface area contributed by atoms with E-state index >= 15 is 0 Å². The lowest BCUT2D eigenvalue weighted by molar-refractivity contribution is 0.174. The molecule has 0 unspecified atom stereocenters. The molecule has 0 aliphatic carbocycles. The Balaban J connectivity index is 1.45. The summed E-state index contributed by atoms with van der Waals surface area (Å²) in [6.45, 7) is 34.5. The summed E-state index contributed by atoms with van der Waals surface area (Å²) in [5.41, 5.74) is 21.5. The van der Waals surface area contributed by atoms with Gasteiger partial charge in [0, 0.05) is 28.5 Å². The maximum atomic E-state index is 7.28. The molecule has 298 valence electrons. The van der Waals surface area contributed by atoms with E-state index < -0.39 is 0 Å². The standard InChI is InChI=1S/C52H59BN2O3/c1-28(2)33-22-40-45-41(23-33)55(47-31(5)20-36(21-32(47)6)52(13,14)15)48-37-24-34(50(7,8)9)16-17-42(37)58-49(48)53(45)38-25-43-44(57-27-56-43)26-39(38)54(40)46-29(3)18-35(19-30(46)4)51(10,11)12/h16-26,28H,27H2,1-15H3. The molecular weight excluding hydrogens is 711 g/mol. The van der Waals surface area contributed by atoms with Crippen molar-refractivity contribution in [1.82, 2.24) is 0 Å². The molecule has 0 amide bonds. The first-order valence-corrected chi connectivity index (χ1v) is 21.2. The van der Waals surface area contributed by atoms with Gasteiger partial charge in [0.05, 0.1) is 22.7 Å². The third kappa shape index (κ3) is 5.80. The van der Waals surface area contributed by atoms with E-state index in [9.17, 15) is 0 Å². The van der Waals surface area contributed by atoms with E-state index in [0.717, 1.165) is 45.0 Å². The molecule has 9 rings (SSSR count). The monoisotopic (exact) mass is 770 g/mol. The molecule has 5 nitrogen and oxygen atoms in total.